The zero-order valence-electron chi connectivity index (χ0n) is 27.0. The number of ether oxygens (including phenoxy) is 2. The molecule has 10 heteroatoms. The third-order valence-electron chi connectivity index (χ3n) is 8.54. The van der Waals surface area contributed by atoms with Gasteiger partial charge in [0.2, 0.25) is 15.9 Å². The highest BCUT2D eigenvalue weighted by molar-refractivity contribution is 7.89. The number of halogens is 1. The van der Waals surface area contributed by atoms with Gasteiger partial charge >= 0.3 is 0 Å². The molecule has 0 aromatic heterocycles. The third kappa shape index (κ3) is 9.13. The Morgan fingerprint density at radius 1 is 0.978 bits per heavy atom. The van der Waals surface area contributed by atoms with Gasteiger partial charge in [-0.05, 0) is 106 Å². The minimum Gasteiger partial charge on any atom is -0.497 e. The van der Waals surface area contributed by atoms with Gasteiger partial charge in [-0.25, -0.2) is 12.8 Å². The maximum atomic E-state index is 13.9. The van der Waals surface area contributed by atoms with Crippen LogP contribution in [0.4, 0.5) is 4.39 Å². The van der Waals surface area contributed by atoms with Crippen molar-refractivity contribution < 1.29 is 27.1 Å². The molecule has 1 aliphatic rings. The van der Waals surface area contributed by atoms with Crippen molar-refractivity contribution in [2.45, 2.75) is 63.1 Å². The van der Waals surface area contributed by atoms with E-state index in [0.717, 1.165) is 36.8 Å². The molecule has 8 nitrogen and oxygen atoms in total. The lowest BCUT2D eigenvalue weighted by Crippen LogP contribution is -2.41. The fourth-order valence-electron chi connectivity index (χ4n) is 6.47. The molecule has 0 radical (unpaired) electrons. The van der Waals surface area contributed by atoms with Crippen LogP contribution in [0.3, 0.4) is 0 Å². The van der Waals surface area contributed by atoms with Crippen LogP contribution in [0.1, 0.15) is 54.0 Å². The average Bonchev–Trinajstić information content (AvgIpc) is 3.00. The number of nitrogens with one attached hydrogen (secondary N) is 1. The molecule has 0 saturated heterocycles. The van der Waals surface area contributed by atoms with E-state index in [1.165, 1.54) is 16.4 Å². The number of rotatable bonds is 14. The maximum Gasteiger partial charge on any atom is 0.246 e. The number of nitrogens with zero attached hydrogens (tertiary/aromatic N) is 2. The standard InChI is InChI=1S/C35H46FN3O5S/c1-25-21-32(43-5)22-26(2)35(25)45(41,42)39(23-27-9-7-6-8-10-27)19-20-44-24-33(40)37-31-17-13-29(14-18-31)34(38(3)4)28-11-15-30(36)16-12-28/h6-12,15-16,21-22,29,31,34H,13-14,17-20,23-24H2,1-5H3,(H,37,40). The Morgan fingerprint density at radius 2 is 1.60 bits per heavy atom. The van der Waals surface area contributed by atoms with Gasteiger partial charge < -0.3 is 19.7 Å². The number of benzene rings is 3. The van der Waals surface area contributed by atoms with Crippen molar-refractivity contribution in [1.29, 1.82) is 0 Å². The minimum absolute atomic E-state index is 0.0596. The molecule has 4 rings (SSSR count). The molecule has 1 fully saturated rings. The van der Waals surface area contributed by atoms with Gasteiger partial charge in [0.25, 0.3) is 0 Å². The summed E-state index contributed by atoms with van der Waals surface area (Å²) in [4.78, 5) is 15.2. The predicted molar refractivity (Wildman–Crippen MR) is 174 cm³/mol. The van der Waals surface area contributed by atoms with E-state index in [0.29, 0.717) is 22.8 Å². The molecule has 3 aromatic carbocycles. The van der Waals surface area contributed by atoms with Gasteiger partial charge in [-0.1, -0.05) is 42.5 Å². The van der Waals surface area contributed by atoms with Crippen molar-refractivity contribution in [1.82, 2.24) is 14.5 Å². The molecule has 0 bridgehead atoms. The maximum absolute atomic E-state index is 13.9. The Morgan fingerprint density at radius 3 is 2.18 bits per heavy atom. The lowest BCUT2D eigenvalue weighted by molar-refractivity contribution is -0.126. The average molecular weight is 640 g/mol. The fraction of sp³-hybridized carbons (Fsp3) is 0.457. The Bertz CT molecular complexity index is 1480. The molecule has 1 unspecified atom stereocenters. The molecule has 0 spiro atoms. The molecular weight excluding hydrogens is 593 g/mol. The zero-order chi connectivity index (χ0) is 32.6. The molecular formula is C35H46FN3O5S. The lowest BCUT2D eigenvalue weighted by Gasteiger charge is -2.37. The number of aryl methyl sites for hydroxylation is 2. The van der Waals surface area contributed by atoms with Crippen molar-refractivity contribution in [3.05, 3.63) is 94.8 Å². The first-order chi connectivity index (χ1) is 21.5. The van der Waals surface area contributed by atoms with Crippen LogP contribution in [0.25, 0.3) is 0 Å². The van der Waals surface area contributed by atoms with E-state index in [2.05, 4.69) is 10.2 Å². The van der Waals surface area contributed by atoms with Crippen molar-refractivity contribution in [3.8, 4) is 5.75 Å². The van der Waals surface area contributed by atoms with Gasteiger partial charge in [0.05, 0.1) is 18.6 Å². The van der Waals surface area contributed by atoms with Crippen molar-refractivity contribution in [3.63, 3.8) is 0 Å². The smallest absolute Gasteiger partial charge is 0.246 e. The molecule has 1 amide bonds. The van der Waals surface area contributed by atoms with Crippen molar-refractivity contribution >= 4 is 15.9 Å². The van der Waals surface area contributed by atoms with Crippen LogP contribution in [0, 0.1) is 25.6 Å². The second-order valence-corrected chi connectivity index (χ2v) is 14.0. The van der Waals surface area contributed by atoms with E-state index in [1.54, 1.807) is 33.1 Å². The first-order valence-corrected chi connectivity index (χ1v) is 16.9. The van der Waals surface area contributed by atoms with Gasteiger partial charge in [0.15, 0.2) is 0 Å². The monoisotopic (exact) mass is 639 g/mol. The van der Waals surface area contributed by atoms with Crippen LogP contribution < -0.4 is 10.1 Å². The molecule has 45 heavy (non-hydrogen) atoms. The van der Waals surface area contributed by atoms with Crippen molar-refractivity contribution in [2.24, 2.45) is 5.92 Å². The number of hydrogen-bond acceptors (Lipinski definition) is 6. The van der Waals surface area contributed by atoms with E-state index in [1.807, 2.05) is 56.6 Å². The van der Waals surface area contributed by atoms with Crippen LogP contribution in [-0.4, -0.2) is 70.5 Å². The zero-order valence-corrected chi connectivity index (χ0v) is 27.8. The molecule has 0 aliphatic heterocycles. The van der Waals surface area contributed by atoms with Crippen LogP contribution in [0.5, 0.6) is 5.75 Å². The van der Waals surface area contributed by atoms with Gasteiger partial charge in [0, 0.05) is 25.2 Å². The summed E-state index contributed by atoms with van der Waals surface area (Å²) in [7, 11) is 1.77. The largest absolute Gasteiger partial charge is 0.497 e. The van der Waals surface area contributed by atoms with E-state index in [9.17, 15) is 17.6 Å². The molecule has 244 valence electrons. The third-order valence-corrected chi connectivity index (χ3v) is 10.7. The van der Waals surface area contributed by atoms with Gasteiger partial charge in [-0.15, -0.1) is 0 Å². The van der Waals surface area contributed by atoms with Crippen LogP contribution in [0.15, 0.2) is 71.6 Å². The van der Waals surface area contributed by atoms with Gasteiger partial charge in [0.1, 0.15) is 18.2 Å². The number of amides is 1. The van der Waals surface area contributed by atoms with Gasteiger partial charge in [-0.3, -0.25) is 4.79 Å². The Labute approximate surface area is 267 Å². The Kier molecular flexibility index (Phi) is 12.1. The second-order valence-electron chi connectivity index (χ2n) is 12.1. The summed E-state index contributed by atoms with van der Waals surface area (Å²) in [5.41, 5.74) is 3.17. The van der Waals surface area contributed by atoms with E-state index >= 15 is 0 Å². The normalized spacial score (nSPS) is 17.8. The number of carbonyl (C=O) groups excluding carboxylic acids is 1. The molecule has 1 saturated carbocycles. The van der Waals surface area contributed by atoms with E-state index in [4.69, 9.17) is 9.47 Å². The van der Waals surface area contributed by atoms with Crippen LogP contribution in [0.2, 0.25) is 0 Å². The number of methoxy groups -OCH3 is 1. The summed E-state index contributed by atoms with van der Waals surface area (Å²) < 4.78 is 53.8. The van der Waals surface area contributed by atoms with E-state index < -0.39 is 10.0 Å². The lowest BCUT2D eigenvalue weighted by atomic mass is 9.78. The summed E-state index contributed by atoms with van der Waals surface area (Å²) in [6, 6.07) is 19.8. The Hall–Kier alpha value is -3.31. The van der Waals surface area contributed by atoms with E-state index in [-0.39, 0.29) is 55.0 Å². The van der Waals surface area contributed by atoms with Crippen LogP contribution in [-0.2, 0) is 26.1 Å². The summed E-state index contributed by atoms with van der Waals surface area (Å²) in [5.74, 6) is 0.565. The Balaban J connectivity index is 1.31. The SMILES string of the molecule is COc1cc(C)c(S(=O)(=O)N(CCOCC(=O)NC2CCC(C(c3ccc(F)cc3)N(C)C)CC2)Cc2ccccc2)c(C)c1. The first-order valence-electron chi connectivity index (χ1n) is 15.5. The summed E-state index contributed by atoms with van der Waals surface area (Å²) in [6.07, 6.45) is 3.60. The molecule has 1 N–H and O–H groups in total. The molecule has 1 atom stereocenters. The molecule has 3 aromatic rings. The van der Waals surface area contributed by atoms with Gasteiger partial charge in [-0.2, -0.15) is 4.31 Å². The number of hydrogen-bond donors (Lipinski definition) is 1. The summed E-state index contributed by atoms with van der Waals surface area (Å²) in [6.45, 7) is 3.73. The van der Waals surface area contributed by atoms with Crippen LogP contribution >= 0.6 is 0 Å². The topological polar surface area (TPSA) is 88.2 Å². The summed E-state index contributed by atoms with van der Waals surface area (Å²) >= 11 is 0. The fourth-order valence-corrected chi connectivity index (χ4v) is 8.29. The number of sulfonamides is 1. The minimum atomic E-state index is -3.87. The predicted octanol–water partition coefficient (Wildman–Crippen LogP) is 5.64. The quantitative estimate of drug-likeness (QED) is 0.230. The molecule has 0 heterocycles. The highest BCUT2D eigenvalue weighted by atomic mass is 32.2. The second kappa shape index (κ2) is 15.8. The highest BCUT2D eigenvalue weighted by Crippen LogP contribution is 2.37. The highest BCUT2D eigenvalue weighted by Gasteiger charge is 2.31. The number of carbonyl (C=O) groups is 1. The summed E-state index contributed by atoms with van der Waals surface area (Å²) in [5, 5.41) is 3.09. The van der Waals surface area contributed by atoms with Crippen molar-refractivity contribution in [2.75, 3.05) is 41.0 Å². The first kappa shape index (κ1) is 34.6. The molecule has 1 aliphatic carbocycles.